The number of amides is 2. The molecule has 1 heterocycles. The number of aryl methyl sites for hydroxylation is 1. The minimum atomic E-state index is -0.617. The Hall–Kier alpha value is -3.43. The number of fused-ring (bicyclic) bond motifs is 1. The lowest BCUT2D eigenvalue weighted by molar-refractivity contribution is -0.136. The number of hydroxylamine groups is 1. The highest BCUT2D eigenvalue weighted by Crippen LogP contribution is 2.22. The Morgan fingerprint density at radius 1 is 1.15 bits per heavy atom. The zero-order chi connectivity index (χ0) is 24.5. The van der Waals surface area contributed by atoms with E-state index in [0.29, 0.717) is 17.2 Å². The van der Waals surface area contributed by atoms with Gasteiger partial charge in [0.2, 0.25) is 11.8 Å². The van der Waals surface area contributed by atoms with Crippen LogP contribution in [0.25, 0.3) is 10.9 Å². The van der Waals surface area contributed by atoms with Gasteiger partial charge < -0.3 is 19.9 Å². The van der Waals surface area contributed by atoms with Gasteiger partial charge in [-0.25, -0.2) is 5.48 Å². The van der Waals surface area contributed by atoms with Gasteiger partial charge in [0.25, 0.3) is 0 Å². The van der Waals surface area contributed by atoms with Gasteiger partial charge in [-0.05, 0) is 30.7 Å². The van der Waals surface area contributed by atoms with E-state index in [1.165, 1.54) is 0 Å². The van der Waals surface area contributed by atoms with E-state index in [1.807, 2.05) is 61.7 Å². The summed E-state index contributed by atoms with van der Waals surface area (Å²) in [5.41, 5.74) is 4.74. The monoisotopic (exact) mass is 482 g/mol. The van der Waals surface area contributed by atoms with Gasteiger partial charge in [-0.3, -0.25) is 14.8 Å². The third kappa shape index (κ3) is 6.55. The van der Waals surface area contributed by atoms with Gasteiger partial charge in [-0.15, -0.1) is 0 Å². The zero-order valence-electron chi connectivity index (χ0n) is 19.3. The fraction of sp³-hybridized carbons (Fsp3) is 0.320. The maximum Gasteiger partial charge on any atom is 0.243 e. The van der Waals surface area contributed by atoms with Gasteiger partial charge in [0.05, 0.1) is 17.6 Å². The molecule has 0 fully saturated rings. The van der Waals surface area contributed by atoms with Gasteiger partial charge >= 0.3 is 0 Å². The zero-order valence-corrected chi connectivity index (χ0v) is 20.2. The molecule has 1 aromatic heterocycles. The Balaban J connectivity index is 1.82. The molecule has 0 aliphatic carbocycles. The summed E-state index contributed by atoms with van der Waals surface area (Å²) in [6.45, 7) is 2.54. The summed E-state index contributed by atoms with van der Waals surface area (Å²) in [4.78, 5) is 30.2. The Kier molecular flexibility index (Phi) is 9.00. The van der Waals surface area contributed by atoms with E-state index in [2.05, 4.69) is 10.3 Å². The minimum absolute atomic E-state index is 0.0619. The van der Waals surface area contributed by atoms with Gasteiger partial charge in [-0.1, -0.05) is 48.1 Å². The van der Waals surface area contributed by atoms with Crippen molar-refractivity contribution in [2.75, 3.05) is 20.2 Å². The van der Waals surface area contributed by atoms with Crippen molar-refractivity contribution in [2.24, 2.45) is 0 Å². The first-order chi connectivity index (χ1) is 16.4. The topological polar surface area (TPSA) is 107 Å². The molecule has 2 aromatic carbocycles. The van der Waals surface area contributed by atoms with E-state index < -0.39 is 11.9 Å². The number of ether oxygens (including phenoxy) is 1. The Labute approximate surface area is 204 Å². The summed E-state index contributed by atoms with van der Waals surface area (Å²) in [7, 11) is 1.73. The highest BCUT2D eigenvalue weighted by atomic mass is 32.1. The van der Waals surface area contributed by atoms with Crippen molar-refractivity contribution < 1.29 is 19.5 Å². The SMILES string of the molecule is CNC(=S)[C@H](Cc1c[nH]c2ccccc12)N(CCOc1ccc(C)cc1)C(=O)CCC(=O)NO. The number of carbonyl (C=O) groups excluding carboxylic acids is 2. The van der Waals surface area contributed by atoms with Crippen molar-refractivity contribution in [2.45, 2.75) is 32.2 Å². The first kappa shape index (κ1) is 25.2. The standard InChI is InChI=1S/C25H30N4O4S/c1-17-7-9-19(10-8-17)33-14-13-29(24(31)12-11-23(30)28-32)22(25(34)26-2)15-18-16-27-21-6-4-3-5-20(18)21/h3-10,16,22,27,32H,11-15H2,1-2H3,(H,26,34)(H,28,30)/t22-/m0/s1. The highest BCUT2D eigenvalue weighted by molar-refractivity contribution is 7.80. The van der Waals surface area contributed by atoms with Crippen LogP contribution >= 0.6 is 12.2 Å². The summed E-state index contributed by atoms with van der Waals surface area (Å²) in [6.07, 6.45) is 2.23. The van der Waals surface area contributed by atoms with Crippen LogP contribution < -0.4 is 15.5 Å². The van der Waals surface area contributed by atoms with E-state index in [-0.39, 0.29) is 31.9 Å². The third-order valence-electron chi connectivity index (χ3n) is 5.65. The van der Waals surface area contributed by atoms with E-state index in [1.54, 1.807) is 17.4 Å². The molecule has 0 radical (unpaired) electrons. The van der Waals surface area contributed by atoms with Crippen molar-refractivity contribution in [1.82, 2.24) is 20.7 Å². The number of H-pyrrole nitrogens is 1. The Morgan fingerprint density at radius 3 is 2.59 bits per heavy atom. The quantitative estimate of drug-likeness (QED) is 0.190. The van der Waals surface area contributed by atoms with Crippen LogP contribution in [0, 0.1) is 6.92 Å². The number of nitrogens with zero attached hydrogens (tertiary/aromatic N) is 1. The van der Waals surface area contributed by atoms with Gasteiger partial charge in [0, 0.05) is 43.4 Å². The summed E-state index contributed by atoms with van der Waals surface area (Å²) >= 11 is 5.61. The first-order valence-electron chi connectivity index (χ1n) is 11.1. The minimum Gasteiger partial charge on any atom is -0.492 e. The maximum absolute atomic E-state index is 13.2. The number of thiocarbonyl (C=S) groups is 1. The van der Waals surface area contributed by atoms with Crippen molar-refractivity contribution in [1.29, 1.82) is 0 Å². The number of hydrogen-bond acceptors (Lipinski definition) is 5. The molecule has 0 unspecified atom stereocenters. The molecule has 0 saturated heterocycles. The van der Waals surface area contributed by atoms with Crippen LogP contribution in [0.5, 0.6) is 5.75 Å². The van der Waals surface area contributed by atoms with E-state index in [9.17, 15) is 9.59 Å². The number of rotatable bonds is 11. The number of hydrogen-bond donors (Lipinski definition) is 4. The fourth-order valence-electron chi connectivity index (χ4n) is 3.79. The van der Waals surface area contributed by atoms with Crippen LogP contribution in [0.4, 0.5) is 0 Å². The third-order valence-corrected chi connectivity index (χ3v) is 6.12. The highest BCUT2D eigenvalue weighted by Gasteiger charge is 2.28. The largest absolute Gasteiger partial charge is 0.492 e. The molecule has 0 saturated carbocycles. The summed E-state index contributed by atoms with van der Waals surface area (Å²) in [5.74, 6) is -0.158. The van der Waals surface area contributed by atoms with Crippen molar-refractivity contribution in [3.63, 3.8) is 0 Å². The normalized spacial score (nSPS) is 11.6. The molecule has 8 nitrogen and oxygen atoms in total. The van der Waals surface area contributed by atoms with E-state index in [0.717, 1.165) is 22.0 Å². The lowest BCUT2D eigenvalue weighted by atomic mass is 10.0. The molecular formula is C25H30N4O4S. The molecule has 0 aliphatic heterocycles. The lowest BCUT2D eigenvalue weighted by Gasteiger charge is -2.32. The van der Waals surface area contributed by atoms with Gasteiger partial charge in [0.1, 0.15) is 12.4 Å². The van der Waals surface area contributed by atoms with E-state index >= 15 is 0 Å². The van der Waals surface area contributed by atoms with Crippen LogP contribution in [0.2, 0.25) is 0 Å². The Bertz CT molecular complexity index is 1130. The molecule has 4 N–H and O–H groups in total. The van der Waals surface area contributed by atoms with Crippen LogP contribution in [-0.2, 0) is 16.0 Å². The number of aromatic nitrogens is 1. The summed E-state index contributed by atoms with van der Waals surface area (Å²) < 4.78 is 5.87. The number of benzene rings is 2. The molecule has 0 aliphatic rings. The van der Waals surface area contributed by atoms with Crippen LogP contribution in [0.3, 0.4) is 0 Å². The second-order valence-corrected chi connectivity index (χ2v) is 8.42. The molecule has 2 amide bonds. The molecular weight excluding hydrogens is 452 g/mol. The molecule has 0 bridgehead atoms. The molecule has 3 rings (SSSR count). The van der Waals surface area contributed by atoms with E-state index in [4.69, 9.17) is 22.2 Å². The van der Waals surface area contributed by atoms with Crippen molar-refractivity contribution >= 4 is 39.9 Å². The molecule has 0 spiro atoms. The van der Waals surface area contributed by atoms with Crippen LogP contribution in [-0.4, -0.2) is 58.1 Å². The molecule has 9 heteroatoms. The fourth-order valence-corrected chi connectivity index (χ4v) is 4.00. The summed E-state index contributed by atoms with van der Waals surface area (Å²) in [6, 6.07) is 15.2. The number of carbonyl (C=O) groups is 2. The smallest absolute Gasteiger partial charge is 0.243 e. The van der Waals surface area contributed by atoms with Crippen LogP contribution in [0.15, 0.2) is 54.7 Å². The number of nitrogens with one attached hydrogen (secondary N) is 3. The lowest BCUT2D eigenvalue weighted by Crippen LogP contribution is -2.50. The average molecular weight is 483 g/mol. The van der Waals surface area contributed by atoms with Crippen molar-refractivity contribution in [3.05, 3.63) is 65.9 Å². The number of likely N-dealkylation sites (N-methyl/N-ethyl adjacent to an activating group) is 1. The first-order valence-corrected chi connectivity index (χ1v) is 11.5. The molecule has 1 atom stereocenters. The maximum atomic E-state index is 13.2. The molecule has 180 valence electrons. The van der Waals surface area contributed by atoms with Crippen molar-refractivity contribution in [3.8, 4) is 5.75 Å². The summed E-state index contributed by atoms with van der Waals surface area (Å²) in [5, 5.41) is 12.9. The molecule has 3 aromatic rings. The van der Waals surface area contributed by atoms with Crippen LogP contribution in [0.1, 0.15) is 24.0 Å². The Morgan fingerprint density at radius 2 is 1.88 bits per heavy atom. The second kappa shape index (κ2) is 12.2. The average Bonchev–Trinajstić information content (AvgIpc) is 3.27. The predicted octanol–water partition coefficient (Wildman–Crippen LogP) is 3.13. The number of aromatic amines is 1. The predicted molar refractivity (Wildman–Crippen MR) is 135 cm³/mol. The second-order valence-electron chi connectivity index (χ2n) is 7.98. The van der Waals surface area contributed by atoms with Gasteiger partial charge in [-0.2, -0.15) is 0 Å². The van der Waals surface area contributed by atoms with Gasteiger partial charge in [0.15, 0.2) is 0 Å². The molecule has 34 heavy (non-hydrogen) atoms. The number of para-hydroxylation sites is 1.